The van der Waals surface area contributed by atoms with E-state index >= 15 is 0 Å². The number of anilines is 1. The largest absolute Gasteiger partial charge is 0.373 e. The van der Waals surface area contributed by atoms with Crippen LogP contribution in [0.5, 0.6) is 0 Å². The van der Waals surface area contributed by atoms with Crippen LogP contribution in [0.2, 0.25) is 0 Å². The monoisotopic (exact) mass is 446 g/mol. The summed E-state index contributed by atoms with van der Waals surface area (Å²) in [7, 11) is -3.70. The van der Waals surface area contributed by atoms with Crippen molar-refractivity contribution < 1.29 is 17.9 Å². The van der Waals surface area contributed by atoms with Crippen LogP contribution in [-0.4, -0.2) is 56.2 Å². The molecule has 1 saturated heterocycles. The quantitative estimate of drug-likeness (QED) is 0.720. The van der Waals surface area contributed by atoms with Crippen LogP contribution in [-0.2, 0) is 14.8 Å². The molecule has 4 rings (SSSR count). The second-order valence-corrected chi connectivity index (χ2v) is 10.8. The van der Waals surface area contributed by atoms with Crippen molar-refractivity contribution in [3.8, 4) is 0 Å². The molecule has 0 N–H and O–H groups in total. The predicted molar refractivity (Wildman–Crippen MR) is 119 cm³/mol. The third kappa shape index (κ3) is 4.27. The Morgan fingerprint density at radius 1 is 1.07 bits per heavy atom. The normalized spacial score (nSPS) is 22.9. The van der Waals surface area contributed by atoms with Crippen LogP contribution in [0, 0.1) is 0 Å². The molecule has 0 unspecified atom stereocenters. The molecule has 0 bridgehead atoms. The molecule has 0 aromatic heterocycles. The fraction of sp³-hybridized carbons (Fsp3) is 0.409. The van der Waals surface area contributed by atoms with E-state index in [1.54, 1.807) is 34.9 Å². The highest BCUT2D eigenvalue weighted by atomic mass is 32.2. The number of carbonyl (C=O) groups is 1. The number of benzene rings is 2. The first kappa shape index (κ1) is 21.4. The zero-order valence-corrected chi connectivity index (χ0v) is 18.8. The molecule has 0 aliphatic carbocycles. The minimum atomic E-state index is -3.70. The van der Waals surface area contributed by atoms with Gasteiger partial charge in [0.1, 0.15) is 0 Å². The number of sulfonamides is 1. The van der Waals surface area contributed by atoms with Gasteiger partial charge < -0.3 is 9.64 Å². The molecule has 2 atom stereocenters. The second kappa shape index (κ2) is 8.70. The smallest absolute Gasteiger partial charge is 0.258 e. The van der Waals surface area contributed by atoms with Gasteiger partial charge in [0, 0.05) is 30.1 Å². The van der Waals surface area contributed by atoms with Gasteiger partial charge in [-0.05, 0) is 56.4 Å². The van der Waals surface area contributed by atoms with E-state index < -0.39 is 10.0 Å². The number of para-hydroxylation sites is 1. The zero-order chi connectivity index (χ0) is 21.3. The molecule has 0 spiro atoms. The standard InChI is InChI=1S/C22H26N2O4S2/c1-16-14-23(15-17(2)28-16)30(26,27)19-8-5-7-18(13-19)22(25)24-11-6-12-29-21-10-4-3-9-20(21)24/h3-5,7-10,13,16-17H,6,11-12,14-15H2,1-2H3/t16-,17+. The van der Waals surface area contributed by atoms with Gasteiger partial charge in [-0.2, -0.15) is 4.31 Å². The highest BCUT2D eigenvalue weighted by Crippen LogP contribution is 2.34. The number of hydrogen-bond acceptors (Lipinski definition) is 5. The lowest BCUT2D eigenvalue weighted by molar-refractivity contribution is -0.0440. The van der Waals surface area contributed by atoms with Crippen molar-refractivity contribution in [3.63, 3.8) is 0 Å². The summed E-state index contributed by atoms with van der Waals surface area (Å²) >= 11 is 1.74. The van der Waals surface area contributed by atoms with E-state index in [0.717, 1.165) is 22.8 Å². The molecular formula is C22H26N2O4S2. The minimum absolute atomic E-state index is 0.145. The van der Waals surface area contributed by atoms with Gasteiger partial charge >= 0.3 is 0 Å². The Balaban J connectivity index is 1.64. The van der Waals surface area contributed by atoms with E-state index in [1.807, 2.05) is 38.1 Å². The lowest BCUT2D eigenvalue weighted by Gasteiger charge is -2.34. The Bertz CT molecular complexity index is 1030. The number of carbonyl (C=O) groups excluding carboxylic acids is 1. The number of rotatable bonds is 3. The van der Waals surface area contributed by atoms with E-state index in [2.05, 4.69) is 0 Å². The van der Waals surface area contributed by atoms with Crippen LogP contribution in [0.1, 0.15) is 30.6 Å². The SMILES string of the molecule is C[C@@H]1CN(S(=O)(=O)c2cccc(C(=O)N3CCCSc4ccccc43)c2)C[C@H](C)O1. The van der Waals surface area contributed by atoms with Gasteiger partial charge in [-0.3, -0.25) is 4.79 Å². The molecule has 30 heavy (non-hydrogen) atoms. The predicted octanol–water partition coefficient (Wildman–Crippen LogP) is 3.63. The summed E-state index contributed by atoms with van der Waals surface area (Å²) in [6.07, 6.45) is 0.547. The fourth-order valence-electron chi connectivity index (χ4n) is 3.96. The van der Waals surface area contributed by atoms with Crippen LogP contribution in [0.25, 0.3) is 0 Å². The van der Waals surface area contributed by atoms with Crippen molar-refractivity contribution >= 4 is 33.4 Å². The number of ether oxygens (including phenoxy) is 1. The molecule has 8 heteroatoms. The molecule has 2 aromatic carbocycles. The molecule has 0 radical (unpaired) electrons. The molecule has 1 amide bonds. The van der Waals surface area contributed by atoms with Crippen LogP contribution in [0.15, 0.2) is 58.3 Å². The highest BCUT2D eigenvalue weighted by molar-refractivity contribution is 7.99. The van der Waals surface area contributed by atoms with Crippen LogP contribution in [0.3, 0.4) is 0 Å². The van der Waals surface area contributed by atoms with E-state index in [9.17, 15) is 13.2 Å². The van der Waals surface area contributed by atoms with Crippen molar-refractivity contribution in [1.82, 2.24) is 4.31 Å². The Kier molecular flexibility index (Phi) is 6.20. The van der Waals surface area contributed by atoms with Gasteiger partial charge in [-0.15, -0.1) is 11.8 Å². The maximum Gasteiger partial charge on any atom is 0.258 e. The van der Waals surface area contributed by atoms with Crippen LogP contribution >= 0.6 is 11.8 Å². The average Bonchev–Trinajstić information content (AvgIpc) is 2.95. The zero-order valence-electron chi connectivity index (χ0n) is 17.2. The molecule has 0 saturated carbocycles. The third-order valence-electron chi connectivity index (χ3n) is 5.29. The summed E-state index contributed by atoms with van der Waals surface area (Å²) in [6.45, 7) is 4.96. The van der Waals surface area contributed by atoms with E-state index in [1.165, 1.54) is 10.4 Å². The first-order chi connectivity index (χ1) is 14.4. The number of amides is 1. The maximum atomic E-state index is 13.4. The summed E-state index contributed by atoms with van der Waals surface area (Å²) in [5.41, 5.74) is 1.27. The topological polar surface area (TPSA) is 66.9 Å². The van der Waals surface area contributed by atoms with E-state index in [-0.39, 0.29) is 23.0 Å². The van der Waals surface area contributed by atoms with Gasteiger partial charge in [-0.1, -0.05) is 18.2 Å². The van der Waals surface area contributed by atoms with Crippen LogP contribution < -0.4 is 4.90 Å². The first-order valence-corrected chi connectivity index (χ1v) is 12.6. The molecule has 2 aliphatic rings. The number of hydrogen-bond donors (Lipinski definition) is 0. The van der Waals surface area contributed by atoms with Gasteiger partial charge in [0.2, 0.25) is 10.0 Å². The second-order valence-electron chi connectivity index (χ2n) is 7.73. The van der Waals surface area contributed by atoms with Crippen molar-refractivity contribution in [1.29, 1.82) is 0 Å². The summed E-state index contributed by atoms with van der Waals surface area (Å²) < 4.78 is 33.6. The lowest BCUT2D eigenvalue weighted by atomic mass is 10.1. The Morgan fingerprint density at radius 2 is 1.80 bits per heavy atom. The summed E-state index contributed by atoms with van der Waals surface area (Å²) in [5, 5.41) is 0. The lowest BCUT2D eigenvalue weighted by Crippen LogP contribution is -2.48. The van der Waals surface area contributed by atoms with Crippen molar-refractivity contribution in [2.75, 3.05) is 30.3 Å². The number of nitrogens with zero attached hydrogens (tertiary/aromatic N) is 2. The van der Waals surface area contributed by atoms with E-state index in [0.29, 0.717) is 25.2 Å². The molecule has 1 fully saturated rings. The number of thioether (sulfide) groups is 1. The van der Waals surface area contributed by atoms with Gasteiger partial charge in [0.05, 0.1) is 22.8 Å². The van der Waals surface area contributed by atoms with Crippen molar-refractivity contribution in [2.45, 2.75) is 42.3 Å². The van der Waals surface area contributed by atoms with E-state index in [4.69, 9.17) is 4.74 Å². The summed E-state index contributed by atoms with van der Waals surface area (Å²) in [4.78, 5) is 16.3. The fourth-order valence-corrected chi connectivity index (χ4v) is 6.59. The third-order valence-corrected chi connectivity index (χ3v) is 8.27. The molecule has 160 valence electrons. The highest BCUT2D eigenvalue weighted by Gasteiger charge is 2.33. The Hall–Kier alpha value is -1.87. The van der Waals surface area contributed by atoms with Crippen LogP contribution in [0.4, 0.5) is 5.69 Å². The molecule has 6 nitrogen and oxygen atoms in total. The number of fused-ring (bicyclic) bond motifs is 1. The van der Waals surface area contributed by atoms with Gasteiger partial charge in [0.15, 0.2) is 0 Å². The van der Waals surface area contributed by atoms with Gasteiger partial charge in [0.25, 0.3) is 5.91 Å². The average molecular weight is 447 g/mol. The van der Waals surface area contributed by atoms with Crippen molar-refractivity contribution in [3.05, 3.63) is 54.1 Å². The number of morpholine rings is 1. The Labute approximate surface area is 182 Å². The summed E-state index contributed by atoms with van der Waals surface area (Å²) in [5.74, 6) is 0.772. The molecule has 2 heterocycles. The Morgan fingerprint density at radius 3 is 2.57 bits per heavy atom. The molecule has 2 aliphatic heterocycles. The first-order valence-electron chi connectivity index (χ1n) is 10.2. The minimum Gasteiger partial charge on any atom is -0.373 e. The maximum absolute atomic E-state index is 13.4. The van der Waals surface area contributed by atoms with Crippen molar-refractivity contribution in [2.24, 2.45) is 0 Å². The molecule has 2 aromatic rings. The summed E-state index contributed by atoms with van der Waals surface area (Å²) in [6, 6.07) is 14.3. The molecular weight excluding hydrogens is 420 g/mol. The van der Waals surface area contributed by atoms with Gasteiger partial charge in [-0.25, -0.2) is 8.42 Å².